The maximum Gasteiger partial charge on any atom is 0.416 e. The van der Waals surface area contributed by atoms with Gasteiger partial charge in [-0.25, -0.2) is 14.7 Å². The number of hydrogen-bond donors (Lipinski definition) is 2. The van der Waals surface area contributed by atoms with Crippen LogP contribution in [0.2, 0.25) is 0 Å². The van der Waals surface area contributed by atoms with Crippen molar-refractivity contribution in [2.75, 3.05) is 17.2 Å². The third-order valence-electron chi connectivity index (χ3n) is 7.87. The van der Waals surface area contributed by atoms with E-state index < -0.39 is 38.1 Å². The number of halogens is 3. The van der Waals surface area contributed by atoms with Crippen molar-refractivity contribution in [3.63, 3.8) is 0 Å². The predicted molar refractivity (Wildman–Crippen MR) is 162 cm³/mol. The summed E-state index contributed by atoms with van der Waals surface area (Å²) in [6.45, 7) is 12.7. The van der Waals surface area contributed by atoms with Crippen molar-refractivity contribution < 1.29 is 26.4 Å². The number of carbonyl (C=O) groups is 1. The predicted octanol–water partition coefficient (Wildman–Crippen LogP) is 6.29. The summed E-state index contributed by atoms with van der Waals surface area (Å²) in [6.07, 6.45) is -0.307. The van der Waals surface area contributed by atoms with Crippen LogP contribution in [0.1, 0.15) is 80.7 Å². The first kappa shape index (κ1) is 32.0. The van der Waals surface area contributed by atoms with Crippen LogP contribution < -0.4 is 15.4 Å². The van der Waals surface area contributed by atoms with Crippen molar-refractivity contribution in [3.05, 3.63) is 76.5 Å². The van der Waals surface area contributed by atoms with Crippen molar-refractivity contribution in [2.24, 2.45) is 5.92 Å². The molecule has 0 aliphatic carbocycles. The maximum atomic E-state index is 13.8. The molecule has 12 heteroatoms. The average Bonchev–Trinajstić information content (AvgIpc) is 3.17. The summed E-state index contributed by atoms with van der Waals surface area (Å²) in [5, 5.41) is -0.404. The molecule has 1 aliphatic rings. The summed E-state index contributed by atoms with van der Waals surface area (Å²) >= 11 is 0. The zero-order valence-corrected chi connectivity index (χ0v) is 25.8. The minimum absolute atomic E-state index is 0.0179. The number of nitrogen functional groups attached to an aromatic ring is 1. The number of hydrogen-bond acceptors (Lipinski definition) is 7. The highest BCUT2D eigenvalue weighted by atomic mass is 32.2. The van der Waals surface area contributed by atoms with Crippen LogP contribution in [-0.2, 0) is 21.6 Å². The molecule has 0 spiro atoms. The standard InChI is InChI=1S/C31H36F3N5O3S/c1-19-16-17-39(30(19,5)6)27-23(28(40)38-43(41,42)25-9-7-8-24(35)36-25)18-21(26(37-27)29(2,3)4)13-10-20-11-14-22(15-12-20)31(32,33)34/h7-15,18-19H,16-17H2,1-6H3,(H2,35,36)(H,38,40)/b13-10+. The van der Waals surface area contributed by atoms with Crippen LogP contribution in [0.4, 0.5) is 24.8 Å². The van der Waals surface area contributed by atoms with Crippen LogP contribution in [0.15, 0.2) is 53.6 Å². The van der Waals surface area contributed by atoms with Crippen molar-refractivity contribution >= 4 is 39.7 Å². The van der Waals surface area contributed by atoms with Gasteiger partial charge in [-0.15, -0.1) is 0 Å². The first-order valence-corrected chi connectivity index (χ1v) is 15.3. The van der Waals surface area contributed by atoms with Crippen LogP contribution >= 0.6 is 0 Å². The third kappa shape index (κ3) is 6.84. The van der Waals surface area contributed by atoms with Gasteiger partial charge in [0.15, 0.2) is 5.03 Å². The fourth-order valence-electron chi connectivity index (χ4n) is 5.01. The quantitative estimate of drug-likeness (QED) is 0.335. The van der Waals surface area contributed by atoms with E-state index in [2.05, 4.69) is 30.5 Å². The van der Waals surface area contributed by atoms with Crippen LogP contribution in [0.3, 0.4) is 0 Å². The van der Waals surface area contributed by atoms with Crippen LogP contribution in [-0.4, -0.2) is 36.4 Å². The van der Waals surface area contributed by atoms with Gasteiger partial charge in [-0.05, 0) is 67.6 Å². The number of nitrogens with zero attached hydrogens (tertiary/aromatic N) is 3. The van der Waals surface area contributed by atoms with Gasteiger partial charge in [0.2, 0.25) is 0 Å². The minimum Gasteiger partial charge on any atom is -0.384 e. The van der Waals surface area contributed by atoms with E-state index in [0.717, 1.165) is 18.6 Å². The lowest BCUT2D eigenvalue weighted by Crippen LogP contribution is -2.44. The molecule has 1 saturated heterocycles. The largest absolute Gasteiger partial charge is 0.416 e. The van der Waals surface area contributed by atoms with Gasteiger partial charge in [0, 0.05) is 17.5 Å². The van der Waals surface area contributed by atoms with Crippen LogP contribution in [0, 0.1) is 5.92 Å². The molecule has 230 valence electrons. The molecule has 1 unspecified atom stereocenters. The topological polar surface area (TPSA) is 118 Å². The Bertz CT molecular complexity index is 1660. The molecular formula is C31H36F3N5O3S. The van der Waals surface area contributed by atoms with E-state index in [1.807, 2.05) is 25.7 Å². The normalized spacial score (nSPS) is 17.4. The Kier molecular flexibility index (Phi) is 8.40. The molecule has 0 radical (unpaired) electrons. The highest BCUT2D eigenvalue weighted by molar-refractivity contribution is 7.90. The lowest BCUT2D eigenvalue weighted by Gasteiger charge is -2.37. The summed E-state index contributed by atoms with van der Waals surface area (Å²) in [6, 6.07) is 10.4. The number of alkyl halides is 3. The fraction of sp³-hybridized carbons (Fsp3) is 0.387. The molecule has 0 saturated carbocycles. The van der Waals surface area contributed by atoms with Gasteiger partial charge in [-0.2, -0.15) is 21.6 Å². The molecule has 43 heavy (non-hydrogen) atoms. The Morgan fingerprint density at radius 2 is 1.72 bits per heavy atom. The Hall–Kier alpha value is -3.93. The molecular weight excluding hydrogens is 579 g/mol. The lowest BCUT2D eigenvalue weighted by molar-refractivity contribution is -0.137. The smallest absolute Gasteiger partial charge is 0.384 e. The second-order valence-corrected chi connectivity index (χ2v) is 14.0. The highest BCUT2D eigenvalue weighted by Gasteiger charge is 2.41. The maximum absolute atomic E-state index is 13.8. The minimum atomic E-state index is -4.45. The van der Waals surface area contributed by atoms with Crippen molar-refractivity contribution in [2.45, 2.75) is 70.1 Å². The number of aromatic nitrogens is 2. The third-order valence-corrected chi connectivity index (χ3v) is 9.10. The first-order valence-electron chi connectivity index (χ1n) is 13.8. The number of nitrogens with two attached hydrogens (primary N) is 1. The van der Waals surface area contributed by atoms with Gasteiger partial charge in [-0.3, -0.25) is 4.79 Å². The molecule has 3 heterocycles. The Labute approximate surface area is 250 Å². The molecule has 1 fully saturated rings. The second kappa shape index (κ2) is 11.3. The molecule has 8 nitrogen and oxygen atoms in total. The van der Waals surface area contributed by atoms with E-state index in [9.17, 15) is 26.4 Å². The molecule has 1 amide bonds. The van der Waals surface area contributed by atoms with E-state index in [1.54, 1.807) is 18.2 Å². The van der Waals surface area contributed by atoms with Crippen LogP contribution in [0.5, 0.6) is 0 Å². The summed E-state index contributed by atoms with van der Waals surface area (Å²) in [5.41, 5.74) is 5.72. The van der Waals surface area contributed by atoms with Gasteiger partial charge < -0.3 is 10.6 Å². The number of carbonyl (C=O) groups excluding carboxylic acids is 1. The average molecular weight is 616 g/mol. The summed E-state index contributed by atoms with van der Waals surface area (Å²) in [5.74, 6) is -0.302. The summed E-state index contributed by atoms with van der Waals surface area (Å²) in [4.78, 5) is 24.6. The SMILES string of the molecule is CC1CCN(c2nc(C(C)(C)C)c(/C=C/c3ccc(C(F)(F)F)cc3)cc2C(=O)NS(=O)(=O)c2cccc(N)n2)C1(C)C. The highest BCUT2D eigenvalue weighted by Crippen LogP contribution is 2.40. The van der Waals surface area contributed by atoms with Crippen molar-refractivity contribution in [3.8, 4) is 0 Å². The molecule has 3 aromatic rings. The van der Waals surface area contributed by atoms with E-state index in [4.69, 9.17) is 10.7 Å². The molecule has 2 aromatic heterocycles. The molecule has 4 rings (SSSR count). The van der Waals surface area contributed by atoms with Gasteiger partial charge in [0.1, 0.15) is 11.6 Å². The molecule has 1 aromatic carbocycles. The summed E-state index contributed by atoms with van der Waals surface area (Å²) in [7, 11) is -4.38. The first-order chi connectivity index (χ1) is 19.8. The Balaban J connectivity index is 1.85. The fourth-order valence-corrected chi connectivity index (χ4v) is 5.95. The zero-order chi connectivity index (χ0) is 32.0. The second-order valence-electron chi connectivity index (χ2n) is 12.3. The molecule has 1 atom stereocenters. The van der Waals surface area contributed by atoms with E-state index in [0.29, 0.717) is 29.2 Å². The van der Waals surface area contributed by atoms with Gasteiger partial charge in [0.05, 0.1) is 16.8 Å². The summed E-state index contributed by atoms with van der Waals surface area (Å²) < 4.78 is 67.5. The van der Waals surface area contributed by atoms with Gasteiger partial charge in [0.25, 0.3) is 15.9 Å². The number of sulfonamides is 1. The van der Waals surface area contributed by atoms with Crippen molar-refractivity contribution in [1.29, 1.82) is 0 Å². The van der Waals surface area contributed by atoms with E-state index >= 15 is 0 Å². The van der Waals surface area contributed by atoms with Crippen LogP contribution in [0.25, 0.3) is 12.2 Å². The molecule has 1 aliphatic heterocycles. The Morgan fingerprint density at radius 3 is 2.26 bits per heavy atom. The number of amides is 1. The van der Waals surface area contributed by atoms with E-state index in [-0.39, 0.29) is 22.8 Å². The van der Waals surface area contributed by atoms with Crippen molar-refractivity contribution in [1.82, 2.24) is 14.7 Å². The Morgan fingerprint density at radius 1 is 1.07 bits per heavy atom. The lowest BCUT2D eigenvalue weighted by atomic mass is 9.86. The number of pyridine rings is 2. The van der Waals surface area contributed by atoms with E-state index in [1.165, 1.54) is 30.3 Å². The monoisotopic (exact) mass is 615 g/mol. The van der Waals surface area contributed by atoms with Gasteiger partial charge in [-0.1, -0.05) is 58.0 Å². The number of nitrogens with one attached hydrogen (secondary N) is 1. The number of anilines is 2. The number of rotatable bonds is 6. The van der Waals surface area contributed by atoms with Gasteiger partial charge >= 0.3 is 6.18 Å². The number of benzene rings is 1. The zero-order valence-electron chi connectivity index (χ0n) is 25.0. The molecule has 0 bridgehead atoms. The molecule has 3 N–H and O–H groups in total.